The topological polar surface area (TPSA) is 129 Å². The van der Waals surface area contributed by atoms with Gasteiger partial charge >= 0.3 is 0 Å². The molecule has 3 aromatic carbocycles. The van der Waals surface area contributed by atoms with Crippen LogP contribution in [0, 0.1) is 10.1 Å². The fourth-order valence-electron chi connectivity index (χ4n) is 3.57. The second kappa shape index (κ2) is 11.9. The Morgan fingerprint density at radius 3 is 2.41 bits per heavy atom. The highest BCUT2D eigenvalue weighted by atomic mass is 16.6. The number of aliphatic hydroxyl groups excluding tert-OH is 1. The number of para-hydroxylation sites is 1. The third-order valence-electron chi connectivity index (χ3n) is 5.36. The minimum Gasteiger partial charge on any atom is -0.493 e. The van der Waals surface area contributed by atoms with Gasteiger partial charge in [0, 0.05) is 18.7 Å². The lowest BCUT2D eigenvalue weighted by Crippen LogP contribution is -2.34. The highest BCUT2D eigenvalue weighted by molar-refractivity contribution is 5.66. The highest BCUT2D eigenvalue weighted by Gasteiger charge is 2.19. The Morgan fingerprint density at radius 1 is 1.00 bits per heavy atom. The average molecular weight is 468 g/mol. The van der Waals surface area contributed by atoms with Crippen LogP contribution in [-0.2, 0) is 6.42 Å². The SMILES string of the molecule is COc1ccc(C(Cc2ccccc2)NC[C@H](O)COc2cccc([N+](=O)[O-])c2N)cc1OC. The molecule has 0 fully saturated rings. The lowest BCUT2D eigenvalue weighted by Gasteiger charge is -2.23. The maximum Gasteiger partial charge on any atom is 0.295 e. The van der Waals surface area contributed by atoms with Gasteiger partial charge in [-0.1, -0.05) is 42.5 Å². The number of nitro groups is 1. The number of nitrogens with two attached hydrogens (primary N) is 1. The Bertz CT molecular complexity index is 1090. The van der Waals surface area contributed by atoms with Crippen LogP contribution in [0.3, 0.4) is 0 Å². The Balaban J connectivity index is 1.69. The van der Waals surface area contributed by atoms with Crippen LogP contribution in [0.15, 0.2) is 66.7 Å². The molecule has 0 saturated heterocycles. The predicted molar refractivity (Wildman–Crippen MR) is 129 cm³/mol. The number of nitro benzene ring substituents is 1. The first-order valence-electron chi connectivity index (χ1n) is 10.8. The number of hydrogen-bond acceptors (Lipinski definition) is 8. The minimum atomic E-state index is -0.878. The molecule has 0 spiro atoms. The zero-order valence-electron chi connectivity index (χ0n) is 19.1. The van der Waals surface area contributed by atoms with Crippen molar-refractivity contribution >= 4 is 11.4 Å². The Hall–Kier alpha value is -3.82. The fourth-order valence-corrected chi connectivity index (χ4v) is 3.57. The largest absolute Gasteiger partial charge is 0.493 e. The molecule has 0 saturated carbocycles. The summed E-state index contributed by atoms with van der Waals surface area (Å²) in [6.07, 6.45) is -0.195. The van der Waals surface area contributed by atoms with E-state index in [0.29, 0.717) is 17.9 Å². The zero-order chi connectivity index (χ0) is 24.5. The number of benzene rings is 3. The molecular formula is C25H29N3O6. The summed E-state index contributed by atoms with van der Waals surface area (Å²) >= 11 is 0. The van der Waals surface area contributed by atoms with Gasteiger partial charge in [-0.15, -0.1) is 0 Å². The van der Waals surface area contributed by atoms with Crippen LogP contribution in [0.4, 0.5) is 11.4 Å². The van der Waals surface area contributed by atoms with Crippen LogP contribution >= 0.6 is 0 Å². The monoisotopic (exact) mass is 467 g/mol. The number of rotatable bonds is 12. The molecule has 3 aromatic rings. The molecule has 0 radical (unpaired) electrons. The Kier molecular flexibility index (Phi) is 8.66. The number of hydrogen-bond donors (Lipinski definition) is 3. The van der Waals surface area contributed by atoms with Crippen LogP contribution in [0.2, 0.25) is 0 Å². The average Bonchev–Trinajstić information content (AvgIpc) is 2.85. The number of ether oxygens (including phenoxy) is 3. The van der Waals surface area contributed by atoms with Crippen molar-refractivity contribution in [1.82, 2.24) is 5.32 Å². The van der Waals surface area contributed by atoms with E-state index in [1.54, 1.807) is 14.2 Å². The second-order valence-electron chi connectivity index (χ2n) is 7.68. The standard InChI is InChI=1S/C25H29N3O6/c1-32-22-12-11-18(14-24(22)33-2)20(13-17-7-4-3-5-8-17)27-15-19(29)16-34-23-10-6-9-21(25(23)26)28(30)31/h3-12,14,19-20,27,29H,13,15-16,26H2,1-2H3/t19-,20?/m0/s1. The highest BCUT2D eigenvalue weighted by Crippen LogP contribution is 2.32. The molecule has 3 rings (SSSR count). The van der Waals surface area contributed by atoms with Gasteiger partial charge in [-0.05, 0) is 35.7 Å². The molecule has 9 nitrogen and oxygen atoms in total. The molecule has 180 valence electrons. The number of aliphatic hydroxyl groups is 1. The third kappa shape index (κ3) is 6.37. The van der Waals surface area contributed by atoms with Gasteiger partial charge in [0.15, 0.2) is 17.2 Å². The van der Waals surface area contributed by atoms with Crippen LogP contribution in [0.25, 0.3) is 0 Å². The zero-order valence-corrected chi connectivity index (χ0v) is 19.1. The van der Waals surface area contributed by atoms with Crippen molar-refractivity contribution < 1.29 is 24.2 Å². The molecule has 4 N–H and O–H groups in total. The van der Waals surface area contributed by atoms with Gasteiger partial charge < -0.3 is 30.4 Å². The van der Waals surface area contributed by atoms with E-state index in [1.807, 2.05) is 48.5 Å². The predicted octanol–water partition coefficient (Wildman–Crippen LogP) is 3.51. The van der Waals surface area contributed by atoms with Crippen LogP contribution in [0.5, 0.6) is 17.2 Å². The molecule has 1 unspecified atom stereocenters. The van der Waals surface area contributed by atoms with Crippen molar-refractivity contribution in [3.8, 4) is 17.2 Å². The van der Waals surface area contributed by atoms with E-state index in [2.05, 4.69) is 5.32 Å². The summed E-state index contributed by atoms with van der Waals surface area (Å²) in [7, 11) is 3.17. The molecule has 0 aromatic heterocycles. The second-order valence-corrected chi connectivity index (χ2v) is 7.68. The van der Waals surface area contributed by atoms with Crippen molar-refractivity contribution in [2.75, 3.05) is 33.1 Å². The maximum atomic E-state index is 11.1. The summed E-state index contributed by atoms with van der Waals surface area (Å²) in [5, 5.41) is 25.0. The fraction of sp³-hybridized carbons (Fsp3) is 0.280. The van der Waals surface area contributed by atoms with E-state index in [4.69, 9.17) is 19.9 Å². The molecule has 9 heteroatoms. The van der Waals surface area contributed by atoms with Crippen LogP contribution in [-0.4, -0.2) is 43.5 Å². The molecule has 0 aliphatic heterocycles. The van der Waals surface area contributed by atoms with E-state index in [1.165, 1.54) is 18.2 Å². The molecule has 0 aliphatic rings. The van der Waals surface area contributed by atoms with E-state index in [0.717, 1.165) is 11.1 Å². The number of methoxy groups -OCH3 is 2. The minimum absolute atomic E-state index is 0.0695. The smallest absolute Gasteiger partial charge is 0.295 e. The van der Waals surface area contributed by atoms with Gasteiger partial charge in [0.1, 0.15) is 18.5 Å². The number of anilines is 1. The third-order valence-corrected chi connectivity index (χ3v) is 5.36. The molecular weight excluding hydrogens is 438 g/mol. The molecule has 34 heavy (non-hydrogen) atoms. The molecule has 2 atom stereocenters. The van der Waals surface area contributed by atoms with E-state index in [9.17, 15) is 15.2 Å². The van der Waals surface area contributed by atoms with Crippen molar-refractivity contribution in [3.05, 3.63) is 88.0 Å². The maximum absolute atomic E-state index is 11.1. The van der Waals surface area contributed by atoms with E-state index >= 15 is 0 Å². The summed E-state index contributed by atoms with van der Waals surface area (Å²) in [6.45, 7) is 0.142. The van der Waals surface area contributed by atoms with Crippen molar-refractivity contribution in [2.24, 2.45) is 0 Å². The van der Waals surface area contributed by atoms with Crippen LogP contribution in [0.1, 0.15) is 17.2 Å². The van der Waals surface area contributed by atoms with Crippen molar-refractivity contribution in [2.45, 2.75) is 18.6 Å². The van der Waals surface area contributed by atoms with E-state index in [-0.39, 0.29) is 36.3 Å². The van der Waals surface area contributed by atoms with Crippen molar-refractivity contribution in [1.29, 1.82) is 0 Å². The Morgan fingerprint density at radius 2 is 1.74 bits per heavy atom. The lowest BCUT2D eigenvalue weighted by atomic mass is 9.98. The lowest BCUT2D eigenvalue weighted by molar-refractivity contribution is -0.384. The summed E-state index contributed by atoms with van der Waals surface area (Å²) in [5.74, 6) is 1.41. The van der Waals surface area contributed by atoms with Gasteiger partial charge in [0.25, 0.3) is 5.69 Å². The summed E-state index contributed by atoms with van der Waals surface area (Å²) in [5.41, 5.74) is 7.61. The molecule has 0 aliphatic carbocycles. The van der Waals surface area contributed by atoms with Gasteiger partial charge in [-0.3, -0.25) is 10.1 Å². The Labute approximate surface area is 198 Å². The van der Waals surface area contributed by atoms with E-state index < -0.39 is 11.0 Å². The first-order chi connectivity index (χ1) is 16.4. The van der Waals surface area contributed by atoms with Gasteiger partial charge in [0.05, 0.1) is 19.1 Å². The van der Waals surface area contributed by atoms with Crippen LogP contribution < -0.4 is 25.3 Å². The van der Waals surface area contributed by atoms with Gasteiger partial charge in [-0.25, -0.2) is 0 Å². The quantitative estimate of drug-likeness (QED) is 0.210. The van der Waals surface area contributed by atoms with Gasteiger partial charge in [0.2, 0.25) is 0 Å². The molecule has 0 amide bonds. The summed E-state index contributed by atoms with van der Waals surface area (Å²) in [4.78, 5) is 10.5. The summed E-state index contributed by atoms with van der Waals surface area (Å²) in [6, 6.07) is 19.9. The van der Waals surface area contributed by atoms with Gasteiger partial charge in [-0.2, -0.15) is 0 Å². The molecule has 0 heterocycles. The van der Waals surface area contributed by atoms with Crippen molar-refractivity contribution in [3.63, 3.8) is 0 Å². The first kappa shape index (κ1) is 24.8. The normalized spacial score (nSPS) is 12.6. The number of nitrogens with one attached hydrogen (secondary N) is 1. The number of nitrogen functional groups attached to an aromatic ring is 1. The number of nitrogens with zero attached hydrogens (tertiary/aromatic N) is 1. The first-order valence-corrected chi connectivity index (χ1v) is 10.8. The molecule has 0 bridgehead atoms. The summed E-state index contributed by atoms with van der Waals surface area (Å²) < 4.78 is 16.3.